The number of aromatic nitrogens is 1. The summed E-state index contributed by atoms with van der Waals surface area (Å²) in [5.74, 6) is 1.59. The second kappa shape index (κ2) is 9.37. The Morgan fingerprint density at radius 1 is 1.03 bits per heavy atom. The molecule has 5 nitrogen and oxygen atoms in total. The number of benzene rings is 3. The van der Waals surface area contributed by atoms with Gasteiger partial charge in [-0.15, -0.1) is 0 Å². The first kappa shape index (κ1) is 23.2. The molecule has 36 heavy (non-hydrogen) atoms. The third-order valence-electron chi connectivity index (χ3n) is 6.76. The van der Waals surface area contributed by atoms with Crippen molar-refractivity contribution < 1.29 is 9.47 Å². The maximum Gasteiger partial charge on any atom is 0.271 e. The number of methoxy groups -OCH3 is 2. The van der Waals surface area contributed by atoms with Crippen molar-refractivity contribution in [3.8, 4) is 11.5 Å². The van der Waals surface area contributed by atoms with Crippen LogP contribution in [0.1, 0.15) is 34.7 Å². The highest BCUT2D eigenvalue weighted by molar-refractivity contribution is 14.1. The van der Waals surface area contributed by atoms with Crippen LogP contribution in [0.25, 0.3) is 11.8 Å². The fourth-order valence-electron chi connectivity index (χ4n) is 5.06. The zero-order chi connectivity index (χ0) is 24.8. The van der Waals surface area contributed by atoms with Crippen molar-refractivity contribution in [1.82, 2.24) is 4.57 Å². The SMILES string of the molecule is COc1cccc([C@H]2C3=C(N=c4s/c(=C\c5ccc(OC)c(I)c5)c(=O)n42)c2ccccc2CC3)c1. The van der Waals surface area contributed by atoms with E-state index < -0.39 is 0 Å². The summed E-state index contributed by atoms with van der Waals surface area (Å²) in [5.41, 5.74) is 6.60. The second-order valence-corrected chi connectivity index (χ2v) is 11.0. The predicted molar refractivity (Wildman–Crippen MR) is 151 cm³/mol. The van der Waals surface area contributed by atoms with Crippen molar-refractivity contribution in [2.24, 2.45) is 4.99 Å². The third-order valence-corrected chi connectivity index (χ3v) is 8.58. The van der Waals surface area contributed by atoms with Gasteiger partial charge in [0.05, 0.1) is 34.1 Å². The van der Waals surface area contributed by atoms with E-state index in [1.807, 2.05) is 47.0 Å². The summed E-state index contributed by atoms with van der Waals surface area (Å²) in [6.07, 6.45) is 3.74. The van der Waals surface area contributed by atoms with Crippen molar-refractivity contribution in [1.29, 1.82) is 0 Å². The van der Waals surface area contributed by atoms with Gasteiger partial charge in [-0.1, -0.05) is 53.8 Å². The quantitative estimate of drug-likeness (QED) is 0.310. The van der Waals surface area contributed by atoms with Gasteiger partial charge in [0.2, 0.25) is 0 Å². The molecular formula is C29H23IN2O3S. The summed E-state index contributed by atoms with van der Waals surface area (Å²) in [6.45, 7) is 0. The highest BCUT2D eigenvalue weighted by Crippen LogP contribution is 2.41. The molecule has 0 saturated carbocycles. The number of nitrogens with zero attached hydrogens (tertiary/aromatic N) is 2. The van der Waals surface area contributed by atoms with Crippen LogP contribution in [0.4, 0.5) is 0 Å². The van der Waals surface area contributed by atoms with E-state index in [2.05, 4.69) is 52.9 Å². The van der Waals surface area contributed by atoms with E-state index in [9.17, 15) is 4.79 Å². The number of allylic oxidation sites excluding steroid dienone is 1. The normalized spacial score (nSPS) is 16.6. The van der Waals surface area contributed by atoms with Crippen LogP contribution in [0.2, 0.25) is 0 Å². The van der Waals surface area contributed by atoms with Crippen molar-refractivity contribution in [2.45, 2.75) is 18.9 Å². The van der Waals surface area contributed by atoms with Gasteiger partial charge in [0.25, 0.3) is 5.56 Å². The van der Waals surface area contributed by atoms with Crippen LogP contribution in [0.5, 0.6) is 11.5 Å². The summed E-state index contributed by atoms with van der Waals surface area (Å²) >= 11 is 3.69. The fourth-order valence-corrected chi connectivity index (χ4v) is 6.82. The summed E-state index contributed by atoms with van der Waals surface area (Å²) in [5, 5.41) is 0. The number of fused-ring (bicyclic) bond motifs is 3. The minimum absolute atomic E-state index is 0.0252. The van der Waals surface area contributed by atoms with Crippen molar-refractivity contribution in [2.75, 3.05) is 14.2 Å². The largest absolute Gasteiger partial charge is 0.497 e. The molecule has 7 heteroatoms. The average molecular weight is 606 g/mol. The molecule has 0 unspecified atom stereocenters. The van der Waals surface area contributed by atoms with Crippen LogP contribution in [0.3, 0.4) is 0 Å². The lowest BCUT2D eigenvalue weighted by Crippen LogP contribution is -2.38. The molecule has 0 fully saturated rings. The molecule has 0 amide bonds. The van der Waals surface area contributed by atoms with E-state index in [0.29, 0.717) is 4.53 Å². The zero-order valence-electron chi connectivity index (χ0n) is 19.8. The van der Waals surface area contributed by atoms with E-state index >= 15 is 0 Å². The Balaban J connectivity index is 1.60. The summed E-state index contributed by atoms with van der Waals surface area (Å²) in [7, 11) is 3.33. The smallest absolute Gasteiger partial charge is 0.271 e. The Morgan fingerprint density at radius 2 is 1.89 bits per heavy atom. The highest BCUT2D eigenvalue weighted by Gasteiger charge is 2.32. The summed E-state index contributed by atoms with van der Waals surface area (Å²) < 4.78 is 14.4. The van der Waals surface area contributed by atoms with Crippen LogP contribution >= 0.6 is 33.9 Å². The predicted octanol–water partition coefficient (Wildman–Crippen LogP) is 4.94. The molecule has 1 aromatic heterocycles. The van der Waals surface area contributed by atoms with Crippen molar-refractivity contribution in [3.63, 3.8) is 0 Å². The second-order valence-electron chi connectivity index (χ2n) is 8.78. The van der Waals surface area contributed by atoms with E-state index in [1.165, 1.54) is 22.5 Å². The topological polar surface area (TPSA) is 52.8 Å². The first-order valence-electron chi connectivity index (χ1n) is 11.7. The van der Waals surface area contributed by atoms with Gasteiger partial charge in [0.1, 0.15) is 11.5 Å². The lowest BCUT2D eigenvalue weighted by molar-refractivity contribution is 0.412. The minimum atomic E-state index is -0.224. The van der Waals surface area contributed by atoms with Gasteiger partial charge in [-0.3, -0.25) is 9.36 Å². The molecule has 6 rings (SSSR count). The standard InChI is InChI=1S/C29H23IN2O3S/c1-34-20-8-5-7-19(16-20)27-22-12-11-18-6-3-4-9-21(18)26(22)31-29-32(27)28(33)25(36-29)15-17-10-13-24(35-2)23(30)14-17/h3-10,13-16,27H,11-12H2,1-2H3/b25-15-/t27-/m0/s1. The Bertz CT molecular complexity index is 1720. The lowest BCUT2D eigenvalue weighted by atomic mass is 9.83. The molecule has 1 aliphatic carbocycles. The van der Waals surface area contributed by atoms with Gasteiger partial charge in [-0.2, -0.15) is 0 Å². The van der Waals surface area contributed by atoms with E-state index in [4.69, 9.17) is 14.5 Å². The number of aryl methyl sites for hydroxylation is 1. The zero-order valence-corrected chi connectivity index (χ0v) is 22.8. The number of hydrogen-bond donors (Lipinski definition) is 0. The van der Waals surface area contributed by atoms with Gasteiger partial charge in [-0.25, -0.2) is 4.99 Å². The highest BCUT2D eigenvalue weighted by atomic mass is 127. The Hall–Kier alpha value is -3.17. The van der Waals surface area contributed by atoms with Gasteiger partial charge < -0.3 is 9.47 Å². The molecule has 0 spiro atoms. The Morgan fingerprint density at radius 3 is 2.69 bits per heavy atom. The number of ether oxygens (including phenoxy) is 2. The Kier molecular flexibility index (Phi) is 6.05. The monoisotopic (exact) mass is 606 g/mol. The van der Waals surface area contributed by atoms with Crippen LogP contribution in [0, 0.1) is 3.57 Å². The molecule has 1 aliphatic heterocycles. The van der Waals surface area contributed by atoms with Crippen LogP contribution in [-0.4, -0.2) is 18.8 Å². The van der Waals surface area contributed by atoms with Gasteiger partial charge in [-0.05, 0) is 88.0 Å². The van der Waals surface area contributed by atoms with Crippen LogP contribution in [0.15, 0.2) is 82.1 Å². The molecule has 180 valence electrons. The molecule has 0 bridgehead atoms. The van der Waals surface area contributed by atoms with Crippen molar-refractivity contribution in [3.05, 3.63) is 118 Å². The summed E-state index contributed by atoms with van der Waals surface area (Å²) in [4.78, 5) is 19.7. The number of thiazole rings is 1. The average Bonchev–Trinajstić information content (AvgIpc) is 3.21. The van der Waals surface area contributed by atoms with Crippen molar-refractivity contribution >= 4 is 45.7 Å². The fraction of sp³-hybridized carbons (Fsp3) is 0.172. The molecule has 2 aliphatic rings. The number of hydrogen-bond acceptors (Lipinski definition) is 5. The van der Waals surface area contributed by atoms with Gasteiger partial charge in [0, 0.05) is 5.56 Å². The molecule has 1 atom stereocenters. The molecule has 0 saturated heterocycles. The number of rotatable bonds is 4. The molecule has 3 aromatic carbocycles. The van der Waals surface area contributed by atoms with Gasteiger partial charge in [0.15, 0.2) is 4.80 Å². The molecular weight excluding hydrogens is 583 g/mol. The first-order chi connectivity index (χ1) is 17.6. The molecule has 2 heterocycles. The first-order valence-corrected chi connectivity index (χ1v) is 13.6. The molecule has 0 N–H and O–H groups in total. The minimum Gasteiger partial charge on any atom is -0.497 e. The maximum absolute atomic E-state index is 13.9. The van der Waals surface area contributed by atoms with E-state index in [0.717, 1.165) is 55.1 Å². The summed E-state index contributed by atoms with van der Waals surface area (Å²) in [6, 6.07) is 22.2. The lowest BCUT2D eigenvalue weighted by Gasteiger charge is -2.31. The van der Waals surface area contributed by atoms with E-state index in [-0.39, 0.29) is 11.6 Å². The molecule has 0 radical (unpaired) electrons. The third kappa shape index (κ3) is 3.90. The Labute approximate surface area is 226 Å². The maximum atomic E-state index is 13.9. The number of halogens is 1. The van der Waals surface area contributed by atoms with Gasteiger partial charge >= 0.3 is 0 Å². The van der Waals surface area contributed by atoms with Crippen LogP contribution in [-0.2, 0) is 6.42 Å². The van der Waals surface area contributed by atoms with E-state index in [1.54, 1.807) is 14.2 Å². The molecule has 4 aromatic rings. The van der Waals surface area contributed by atoms with Crippen LogP contribution < -0.4 is 24.4 Å².